The second-order valence-corrected chi connectivity index (χ2v) is 5.55. The predicted octanol–water partition coefficient (Wildman–Crippen LogP) is 1.07. The quantitative estimate of drug-likeness (QED) is 0.476. The number of anilines is 1. The minimum atomic E-state index is -0.550. The van der Waals surface area contributed by atoms with Gasteiger partial charge in [0.1, 0.15) is 5.60 Å². The van der Waals surface area contributed by atoms with Crippen molar-refractivity contribution in [3.8, 4) is 0 Å². The molecule has 0 radical (unpaired) electrons. The number of esters is 1. The third-order valence-electron chi connectivity index (χ3n) is 2.50. The molecule has 1 rings (SSSR count). The van der Waals surface area contributed by atoms with Crippen molar-refractivity contribution >= 4 is 17.7 Å². The molecule has 0 atom stereocenters. The van der Waals surface area contributed by atoms with Gasteiger partial charge in [-0.3, -0.25) is 4.98 Å². The molecule has 0 aromatic carbocycles. The molecule has 1 aromatic heterocycles. The van der Waals surface area contributed by atoms with E-state index in [-0.39, 0.29) is 6.54 Å². The number of alkyl carbamates (subject to hydrolysis) is 1. The fourth-order valence-electron chi connectivity index (χ4n) is 1.54. The molecule has 0 spiro atoms. The molecule has 22 heavy (non-hydrogen) atoms. The summed E-state index contributed by atoms with van der Waals surface area (Å²) in [4.78, 5) is 26.9. The first-order valence-electron chi connectivity index (χ1n) is 6.75. The van der Waals surface area contributed by atoms with Gasteiger partial charge in [0.05, 0.1) is 31.1 Å². The average Bonchev–Trinajstić information content (AvgIpc) is 2.44. The van der Waals surface area contributed by atoms with Crippen LogP contribution >= 0.6 is 0 Å². The van der Waals surface area contributed by atoms with Crippen molar-refractivity contribution in [3.63, 3.8) is 0 Å². The molecule has 0 saturated heterocycles. The summed E-state index contributed by atoms with van der Waals surface area (Å²) in [5.74, 6) is 5.38. The maximum Gasteiger partial charge on any atom is 0.407 e. The Hall–Kier alpha value is -2.35. The number of pyridine rings is 1. The number of hydrogen-bond donors (Lipinski definition) is 2. The Balaban J connectivity index is 2.50. The van der Waals surface area contributed by atoms with E-state index >= 15 is 0 Å². The maximum atomic E-state index is 11.5. The molecule has 1 amide bonds. The van der Waals surface area contributed by atoms with E-state index in [1.807, 2.05) is 0 Å². The Bertz CT molecular complexity index is 528. The summed E-state index contributed by atoms with van der Waals surface area (Å²) in [7, 11) is 1.29. The van der Waals surface area contributed by atoms with Crippen molar-refractivity contribution in [1.29, 1.82) is 0 Å². The monoisotopic (exact) mass is 310 g/mol. The van der Waals surface area contributed by atoms with Crippen LogP contribution in [-0.2, 0) is 9.47 Å². The lowest BCUT2D eigenvalue weighted by Crippen LogP contribution is -2.41. The highest BCUT2D eigenvalue weighted by Gasteiger charge is 2.16. The van der Waals surface area contributed by atoms with E-state index in [0.717, 1.165) is 0 Å². The summed E-state index contributed by atoms with van der Waals surface area (Å²) in [5, 5.41) is 3.97. The van der Waals surface area contributed by atoms with Gasteiger partial charge in [0.2, 0.25) is 0 Å². The van der Waals surface area contributed by atoms with Crippen LogP contribution in [0.1, 0.15) is 31.1 Å². The molecule has 0 aliphatic heterocycles. The molecule has 0 fully saturated rings. The van der Waals surface area contributed by atoms with Crippen LogP contribution in [0.4, 0.5) is 10.5 Å². The second-order valence-electron chi connectivity index (χ2n) is 5.55. The summed E-state index contributed by atoms with van der Waals surface area (Å²) >= 11 is 0. The van der Waals surface area contributed by atoms with Gasteiger partial charge in [0.15, 0.2) is 0 Å². The standard InChI is InChI=1S/C14H22N4O4/c1-14(2,3)22-13(20)17-5-6-18(15)11-7-10(8-16-9-11)12(19)21-4/h7-9H,5-6,15H2,1-4H3,(H,17,20). The lowest BCUT2D eigenvalue weighted by Gasteiger charge is -2.21. The highest BCUT2D eigenvalue weighted by Crippen LogP contribution is 2.12. The number of carbonyl (C=O) groups is 2. The average molecular weight is 310 g/mol. The molecule has 0 aliphatic rings. The molecular weight excluding hydrogens is 288 g/mol. The Morgan fingerprint density at radius 3 is 2.64 bits per heavy atom. The van der Waals surface area contributed by atoms with Gasteiger partial charge >= 0.3 is 12.1 Å². The number of nitrogens with two attached hydrogens (primary N) is 1. The number of nitrogens with zero attached hydrogens (tertiary/aromatic N) is 2. The van der Waals surface area contributed by atoms with Gasteiger partial charge in [-0.25, -0.2) is 15.4 Å². The van der Waals surface area contributed by atoms with Crippen molar-refractivity contribution in [2.75, 3.05) is 25.2 Å². The third-order valence-corrected chi connectivity index (χ3v) is 2.50. The molecule has 0 bridgehead atoms. The first-order chi connectivity index (χ1) is 10.2. The number of methoxy groups -OCH3 is 1. The van der Waals surface area contributed by atoms with Gasteiger partial charge in [0.25, 0.3) is 0 Å². The number of amides is 1. The van der Waals surface area contributed by atoms with E-state index < -0.39 is 17.7 Å². The fraction of sp³-hybridized carbons (Fsp3) is 0.500. The third kappa shape index (κ3) is 5.96. The molecule has 1 heterocycles. The molecule has 0 saturated carbocycles. The highest BCUT2D eigenvalue weighted by molar-refractivity contribution is 5.89. The van der Waals surface area contributed by atoms with E-state index in [9.17, 15) is 9.59 Å². The summed E-state index contributed by atoms with van der Waals surface area (Å²) < 4.78 is 9.73. The minimum absolute atomic E-state index is 0.286. The van der Waals surface area contributed by atoms with E-state index in [4.69, 9.17) is 10.6 Å². The van der Waals surface area contributed by atoms with E-state index in [1.165, 1.54) is 24.5 Å². The summed E-state index contributed by atoms with van der Waals surface area (Å²) in [6, 6.07) is 1.56. The van der Waals surface area contributed by atoms with Crippen molar-refractivity contribution < 1.29 is 19.1 Å². The van der Waals surface area contributed by atoms with Gasteiger partial charge in [-0.05, 0) is 26.8 Å². The van der Waals surface area contributed by atoms with Gasteiger partial charge in [0, 0.05) is 12.7 Å². The SMILES string of the molecule is COC(=O)c1cncc(N(N)CCNC(=O)OC(C)(C)C)c1. The van der Waals surface area contributed by atoms with Gasteiger partial charge in [-0.1, -0.05) is 0 Å². The molecule has 0 unspecified atom stereocenters. The van der Waals surface area contributed by atoms with Crippen LogP contribution in [0.25, 0.3) is 0 Å². The number of hydrazine groups is 1. The summed E-state index contributed by atoms with van der Waals surface area (Å²) in [6.07, 6.45) is 2.39. The van der Waals surface area contributed by atoms with Crippen molar-refractivity contribution in [2.45, 2.75) is 26.4 Å². The Morgan fingerprint density at radius 1 is 1.36 bits per heavy atom. The van der Waals surface area contributed by atoms with E-state index in [1.54, 1.807) is 26.8 Å². The van der Waals surface area contributed by atoms with Crippen molar-refractivity contribution in [3.05, 3.63) is 24.0 Å². The van der Waals surface area contributed by atoms with Gasteiger partial charge < -0.3 is 19.8 Å². The fourth-order valence-corrected chi connectivity index (χ4v) is 1.54. The second kappa shape index (κ2) is 7.60. The largest absolute Gasteiger partial charge is 0.465 e. The van der Waals surface area contributed by atoms with Crippen LogP contribution in [0.5, 0.6) is 0 Å². The topological polar surface area (TPSA) is 107 Å². The zero-order valence-electron chi connectivity index (χ0n) is 13.3. The summed E-state index contributed by atoms with van der Waals surface area (Å²) in [5.41, 5.74) is 0.287. The zero-order chi connectivity index (χ0) is 16.8. The number of ether oxygens (including phenoxy) is 2. The smallest absolute Gasteiger partial charge is 0.407 e. The van der Waals surface area contributed by atoms with Crippen molar-refractivity contribution in [1.82, 2.24) is 10.3 Å². The Labute approximate surface area is 129 Å². The van der Waals surface area contributed by atoms with Crippen LogP contribution in [-0.4, -0.2) is 42.8 Å². The first kappa shape index (κ1) is 17.7. The predicted molar refractivity (Wildman–Crippen MR) is 81.3 cm³/mol. The normalized spacial score (nSPS) is 10.8. The molecule has 0 aliphatic carbocycles. The number of carbonyl (C=O) groups excluding carboxylic acids is 2. The molecule has 3 N–H and O–H groups in total. The van der Waals surface area contributed by atoms with Crippen LogP contribution in [0.2, 0.25) is 0 Å². The maximum absolute atomic E-state index is 11.5. The molecule has 8 heteroatoms. The zero-order valence-corrected chi connectivity index (χ0v) is 13.3. The van der Waals surface area contributed by atoms with Crippen LogP contribution in [0.15, 0.2) is 18.5 Å². The van der Waals surface area contributed by atoms with Crippen molar-refractivity contribution in [2.24, 2.45) is 5.84 Å². The van der Waals surface area contributed by atoms with Crippen LogP contribution in [0.3, 0.4) is 0 Å². The number of nitrogens with one attached hydrogen (secondary N) is 1. The van der Waals surface area contributed by atoms with Gasteiger partial charge in [-0.15, -0.1) is 0 Å². The van der Waals surface area contributed by atoms with Crippen LogP contribution < -0.4 is 16.2 Å². The Morgan fingerprint density at radius 2 is 2.05 bits per heavy atom. The Kier molecular flexibility index (Phi) is 6.11. The van der Waals surface area contributed by atoms with E-state index in [0.29, 0.717) is 17.8 Å². The van der Waals surface area contributed by atoms with Crippen LogP contribution in [0, 0.1) is 0 Å². The molecular formula is C14H22N4O4. The highest BCUT2D eigenvalue weighted by atomic mass is 16.6. The molecule has 122 valence electrons. The number of aromatic nitrogens is 1. The molecule has 8 nitrogen and oxygen atoms in total. The number of hydrogen-bond acceptors (Lipinski definition) is 7. The molecule has 1 aromatic rings. The minimum Gasteiger partial charge on any atom is -0.465 e. The summed E-state index contributed by atoms with van der Waals surface area (Å²) in [6.45, 7) is 5.96. The van der Waals surface area contributed by atoms with Gasteiger partial charge in [-0.2, -0.15) is 0 Å². The lowest BCUT2D eigenvalue weighted by atomic mass is 10.2. The first-order valence-corrected chi connectivity index (χ1v) is 6.75. The number of rotatable bonds is 5. The van der Waals surface area contributed by atoms with E-state index in [2.05, 4.69) is 15.0 Å². The lowest BCUT2D eigenvalue weighted by molar-refractivity contribution is 0.0528.